The second-order valence-corrected chi connectivity index (χ2v) is 10.6. The van der Waals surface area contributed by atoms with Crippen molar-refractivity contribution < 1.29 is 4.42 Å². The zero-order chi connectivity index (χ0) is 25.6. The van der Waals surface area contributed by atoms with E-state index in [1.807, 2.05) is 45.7 Å². The van der Waals surface area contributed by atoms with E-state index in [4.69, 9.17) is 10.2 Å². The molecule has 1 unspecified atom stereocenters. The summed E-state index contributed by atoms with van der Waals surface area (Å²) >= 11 is 2.29. The molecule has 1 atom stereocenters. The average molecular weight is 608 g/mol. The van der Waals surface area contributed by atoms with Crippen LogP contribution >= 0.6 is 22.9 Å². The molecule has 0 saturated heterocycles. The van der Waals surface area contributed by atoms with Gasteiger partial charge in [0.2, 0.25) is 0 Å². The van der Waals surface area contributed by atoms with Gasteiger partial charge in [0, 0.05) is 50.5 Å². The van der Waals surface area contributed by atoms with Crippen LogP contribution in [0.4, 0.5) is 0 Å². The van der Waals surface area contributed by atoms with E-state index in [1.54, 1.807) is 0 Å². The molecule has 0 fully saturated rings. The summed E-state index contributed by atoms with van der Waals surface area (Å²) in [5, 5.41) is 4.72. The van der Waals surface area contributed by atoms with Crippen molar-refractivity contribution in [1.29, 1.82) is 0 Å². The maximum absolute atomic E-state index is 6.44. The second kappa shape index (κ2) is 9.56. The number of halogens is 1. The van der Waals surface area contributed by atoms with Gasteiger partial charge in [-0.25, -0.2) is 5.43 Å². The van der Waals surface area contributed by atoms with Crippen LogP contribution in [0, 0.1) is 0 Å². The Morgan fingerprint density at radius 1 is 0.711 bits per heavy atom. The van der Waals surface area contributed by atoms with Crippen molar-refractivity contribution in [3.8, 4) is 5.69 Å². The fourth-order valence-corrected chi connectivity index (χ4v) is 6.06. The van der Waals surface area contributed by atoms with E-state index in [-0.39, 0.29) is 6.17 Å². The first-order valence-electron chi connectivity index (χ1n) is 12.6. The predicted octanol–water partition coefficient (Wildman–Crippen LogP) is 8.00. The number of rotatable bonds is 6. The standard InChI is InChI=1S/C32H25IN4O/c33-36(35-32(34)21-10-2-1-3-11-21)20-22-12-4-7-15-27(22)37-28-16-8-5-13-23(28)25-18-26-24-14-6-9-17-30(24)38-31(26)19-29(25)37/h1-19,32,35H,20,34H2. The monoisotopic (exact) mass is 608 g/mol. The highest BCUT2D eigenvalue weighted by atomic mass is 127. The largest absolute Gasteiger partial charge is 0.456 e. The Morgan fingerprint density at radius 3 is 2.29 bits per heavy atom. The molecular weight excluding hydrogens is 583 g/mol. The van der Waals surface area contributed by atoms with Gasteiger partial charge < -0.3 is 14.7 Å². The summed E-state index contributed by atoms with van der Waals surface area (Å²) in [6.45, 7) is 0.665. The molecule has 5 aromatic carbocycles. The number of nitrogens with zero attached hydrogens (tertiary/aromatic N) is 2. The molecule has 38 heavy (non-hydrogen) atoms. The third-order valence-corrected chi connectivity index (χ3v) is 7.77. The molecule has 5 nitrogen and oxygen atoms in total. The van der Waals surface area contributed by atoms with Crippen LogP contribution in [0.5, 0.6) is 0 Å². The minimum Gasteiger partial charge on any atom is -0.456 e. The highest BCUT2D eigenvalue weighted by Gasteiger charge is 2.18. The topological polar surface area (TPSA) is 59.4 Å². The maximum atomic E-state index is 6.44. The third-order valence-electron chi connectivity index (χ3n) is 7.15. The van der Waals surface area contributed by atoms with Gasteiger partial charge in [-0.05, 0) is 35.4 Å². The normalized spacial score (nSPS) is 12.8. The highest BCUT2D eigenvalue weighted by Crippen LogP contribution is 2.38. The van der Waals surface area contributed by atoms with Gasteiger partial charge in [0.05, 0.1) is 29.4 Å². The quantitative estimate of drug-likeness (QED) is 0.0870. The lowest BCUT2D eigenvalue weighted by molar-refractivity contribution is 0.322. The van der Waals surface area contributed by atoms with Gasteiger partial charge in [0.25, 0.3) is 0 Å². The summed E-state index contributed by atoms with van der Waals surface area (Å²) in [5.74, 6) is 0. The Balaban J connectivity index is 1.35. The first-order chi connectivity index (χ1) is 18.7. The number of aromatic nitrogens is 1. The number of fused-ring (bicyclic) bond motifs is 6. The van der Waals surface area contributed by atoms with Gasteiger partial charge in [-0.1, -0.05) is 84.9 Å². The smallest absolute Gasteiger partial charge is 0.137 e. The fraction of sp³-hybridized carbons (Fsp3) is 0.0625. The first kappa shape index (κ1) is 23.4. The van der Waals surface area contributed by atoms with Gasteiger partial charge >= 0.3 is 0 Å². The van der Waals surface area contributed by atoms with Crippen LogP contribution in [0.2, 0.25) is 0 Å². The number of furan rings is 1. The molecule has 0 aliphatic heterocycles. The van der Waals surface area contributed by atoms with Crippen molar-refractivity contribution in [1.82, 2.24) is 13.2 Å². The Bertz CT molecular complexity index is 1920. The van der Waals surface area contributed by atoms with E-state index in [0.717, 1.165) is 38.7 Å². The first-order valence-corrected chi connectivity index (χ1v) is 13.6. The lowest BCUT2D eigenvalue weighted by Crippen LogP contribution is -2.37. The molecule has 6 heteroatoms. The van der Waals surface area contributed by atoms with Gasteiger partial charge in [-0.2, -0.15) is 3.22 Å². The number of benzene rings is 5. The molecule has 186 valence electrons. The van der Waals surface area contributed by atoms with Crippen molar-refractivity contribution >= 4 is 66.6 Å². The molecule has 0 amide bonds. The second-order valence-electron chi connectivity index (χ2n) is 9.48. The summed E-state index contributed by atoms with van der Waals surface area (Å²) in [7, 11) is 0. The van der Waals surface area contributed by atoms with E-state index >= 15 is 0 Å². The van der Waals surface area contributed by atoms with E-state index in [2.05, 4.69) is 106 Å². The number of hydrogen-bond donors (Lipinski definition) is 2. The minimum absolute atomic E-state index is 0.296. The van der Waals surface area contributed by atoms with Crippen molar-refractivity contribution in [2.24, 2.45) is 5.73 Å². The molecule has 0 bridgehead atoms. The summed E-state index contributed by atoms with van der Waals surface area (Å²) < 4.78 is 10.7. The van der Waals surface area contributed by atoms with Crippen molar-refractivity contribution in [2.75, 3.05) is 0 Å². The number of para-hydroxylation sites is 3. The van der Waals surface area contributed by atoms with Crippen LogP contribution in [0.3, 0.4) is 0 Å². The minimum atomic E-state index is -0.296. The van der Waals surface area contributed by atoms with Crippen LogP contribution < -0.4 is 11.2 Å². The lowest BCUT2D eigenvalue weighted by Gasteiger charge is -2.23. The van der Waals surface area contributed by atoms with Gasteiger partial charge in [-0.3, -0.25) is 0 Å². The number of nitrogens with one attached hydrogen (secondary N) is 1. The maximum Gasteiger partial charge on any atom is 0.137 e. The Morgan fingerprint density at radius 2 is 1.42 bits per heavy atom. The van der Waals surface area contributed by atoms with E-state index in [9.17, 15) is 0 Å². The lowest BCUT2D eigenvalue weighted by atomic mass is 10.1. The third kappa shape index (κ3) is 3.97. The summed E-state index contributed by atoms with van der Waals surface area (Å²) in [5.41, 5.74) is 17.3. The SMILES string of the molecule is NC(NN(I)Cc1ccccc1-n1c2ccccc2c2cc3c(cc21)oc1ccccc13)c1ccccc1. The Hall–Kier alpha value is -3.69. The average Bonchev–Trinajstić information content (AvgIpc) is 3.47. The number of nitrogens with two attached hydrogens (primary N) is 1. The van der Waals surface area contributed by atoms with Crippen molar-refractivity contribution in [3.63, 3.8) is 0 Å². The molecule has 7 aromatic rings. The molecule has 0 radical (unpaired) electrons. The van der Waals surface area contributed by atoms with Crippen molar-refractivity contribution in [3.05, 3.63) is 126 Å². The van der Waals surface area contributed by atoms with Crippen LogP contribution in [0.25, 0.3) is 49.4 Å². The molecule has 2 aromatic heterocycles. The van der Waals surface area contributed by atoms with E-state index in [0.29, 0.717) is 6.54 Å². The van der Waals surface area contributed by atoms with E-state index < -0.39 is 0 Å². The van der Waals surface area contributed by atoms with Gasteiger partial charge in [0.15, 0.2) is 0 Å². The van der Waals surface area contributed by atoms with Gasteiger partial charge in [0.1, 0.15) is 11.2 Å². The van der Waals surface area contributed by atoms with E-state index in [1.165, 1.54) is 21.9 Å². The molecule has 0 saturated carbocycles. The summed E-state index contributed by atoms with van der Waals surface area (Å²) in [4.78, 5) is 0. The van der Waals surface area contributed by atoms with Crippen molar-refractivity contribution in [2.45, 2.75) is 12.7 Å². The number of hydrogen-bond acceptors (Lipinski definition) is 4. The molecular formula is C32H25IN4O. The molecule has 3 N–H and O–H groups in total. The summed E-state index contributed by atoms with van der Waals surface area (Å²) in [6, 6.07) is 39.9. The van der Waals surface area contributed by atoms with Crippen LogP contribution in [0.1, 0.15) is 17.3 Å². The Kier molecular flexibility index (Phi) is 5.89. The fourth-order valence-electron chi connectivity index (χ4n) is 5.39. The highest BCUT2D eigenvalue weighted by molar-refractivity contribution is 14.1. The molecule has 0 spiro atoms. The van der Waals surface area contributed by atoms with Crippen LogP contribution in [-0.2, 0) is 6.54 Å². The number of hydrazine groups is 1. The zero-order valence-electron chi connectivity index (χ0n) is 20.5. The Labute approximate surface area is 233 Å². The molecule has 0 aliphatic carbocycles. The molecule has 2 heterocycles. The summed E-state index contributed by atoms with van der Waals surface area (Å²) in [6.07, 6.45) is -0.296. The van der Waals surface area contributed by atoms with Crippen LogP contribution in [-0.4, -0.2) is 7.79 Å². The molecule has 0 aliphatic rings. The zero-order valence-corrected chi connectivity index (χ0v) is 22.7. The van der Waals surface area contributed by atoms with Crippen LogP contribution in [0.15, 0.2) is 120 Å². The van der Waals surface area contributed by atoms with Gasteiger partial charge in [-0.15, -0.1) is 0 Å². The predicted molar refractivity (Wildman–Crippen MR) is 164 cm³/mol. The molecule has 7 rings (SSSR count).